The van der Waals surface area contributed by atoms with Gasteiger partial charge in [0.2, 0.25) is 5.91 Å². The maximum atomic E-state index is 11.8. The van der Waals surface area contributed by atoms with Crippen LogP contribution >= 0.6 is 0 Å². The maximum absolute atomic E-state index is 11.8. The third kappa shape index (κ3) is 4.33. The Labute approximate surface area is 114 Å². The molecule has 2 rings (SSSR count). The summed E-state index contributed by atoms with van der Waals surface area (Å²) in [5.41, 5.74) is 1.91. The Bertz CT molecular complexity index is 426. The molecule has 1 aromatic carbocycles. The van der Waals surface area contributed by atoms with Crippen LogP contribution in [0.4, 0.5) is 5.69 Å². The van der Waals surface area contributed by atoms with Crippen LogP contribution in [0.1, 0.15) is 25.3 Å². The Balaban J connectivity index is 1.74. The van der Waals surface area contributed by atoms with Crippen LogP contribution < -0.4 is 10.6 Å². The second kappa shape index (κ2) is 6.68. The number of carbonyl (C=O) groups is 1. The molecule has 0 spiro atoms. The highest BCUT2D eigenvalue weighted by atomic mass is 16.5. The second-order valence-electron chi connectivity index (χ2n) is 5.18. The standard InChI is InChI=1S/C15H22N2O2/c1-11-5-3-4-6-14(11)17-15(18)10-19-13-8-7-12(2)16-9-13/h3-6,12-13,16H,7-10H2,1-2H3,(H,17,18). The molecule has 1 fully saturated rings. The first kappa shape index (κ1) is 14.0. The predicted octanol–water partition coefficient (Wildman–Crippen LogP) is 2.09. The van der Waals surface area contributed by atoms with Gasteiger partial charge in [-0.3, -0.25) is 4.79 Å². The molecule has 0 radical (unpaired) electrons. The van der Waals surface area contributed by atoms with Crippen LogP contribution in [0.5, 0.6) is 0 Å². The van der Waals surface area contributed by atoms with E-state index in [1.54, 1.807) is 0 Å². The number of piperidine rings is 1. The van der Waals surface area contributed by atoms with Crippen molar-refractivity contribution in [3.8, 4) is 0 Å². The first-order valence-corrected chi connectivity index (χ1v) is 6.85. The van der Waals surface area contributed by atoms with E-state index in [-0.39, 0.29) is 18.6 Å². The van der Waals surface area contributed by atoms with Crippen molar-refractivity contribution in [1.82, 2.24) is 5.32 Å². The molecule has 0 aliphatic carbocycles. The van der Waals surface area contributed by atoms with E-state index >= 15 is 0 Å². The third-order valence-corrected chi connectivity index (χ3v) is 3.48. The minimum Gasteiger partial charge on any atom is -0.367 e. The maximum Gasteiger partial charge on any atom is 0.250 e. The second-order valence-corrected chi connectivity index (χ2v) is 5.18. The van der Waals surface area contributed by atoms with E-state index < -0.39 is 0 Å². The molecule has 1 aliphatic rings. The summed E-state index contributed by atoms with van der Waals surface area (Å²) in [4.78, 5) is 11.8. The van der Waals surface area contributed by atoms with Crippen LogP contribution in [-0.2, 0) is 9.53 Å². The summed E-state index contributed by atoms with van der Waals surface area (Å²) in [6.45, 7) is 5.10. The zero-order valence-electron chi connectivity index (χ0n) is 11.6. The minimum absolute atomic E-state index is 0.0899. The molecular weight excluding hydrogens is 240 g/mol. The summed E-state index contributed by atoms with van der Waals surface area (Å²) in [5.74, 6) is -0.0899. The van der Waals surface area contributed by atoms with Crippen LogP contribution in [-0.4, -0.2) is 31.2 Å². The molecule has 2 N–H and O–H groups in total. The highest BCUT2D eigenvalue weighted by Crippen LogP contribution is 2.14. The minimum atomic E-state index is -0.0899. The zero-order chi connectivity index (χ0) is 13.7. The van der Waals surface area contributed by atoms with Crippen LogP contribution in [0.25, 0.3) is 0 Å². The fourth-order valence-electron chi connectivity index (χ4n) is 2.21. The molecule has 0 aromatic heterocycles. The van der Waals surface area contributed by atoms with Crippen molar-refractivity contribution in [2.45, 2.75) is 38.8 Å². The zero-order valence-corrected chi connectivity index (χ0v) is 11.6. The van der Waals surface area contributed by atoms with Gasteiger partial charge < -0.3 is 15.4 Å². The molecule has 1 amide bonds. The van der Waals surface area contributed by atoms with E-state index in [4.69, 9.17) is 4.74 Å². The smallest absolute Gasteiger partial charge is 0.250 e. The largest absolute Gasteiger partial charge is 0.367 e. The molecule has 104 valence electrons. The van der Waals surface area contributed by atoms with Crippen molar-refractivity contribution in [1.29, 1.82) is 0 Å². The normalized spacial score (nSPS) is 23.1. The lowest BCUT2D eigenvalue weighted by molar-refractivity contribution is -0.123. The number of nitrogens with one attached hydrogen (secondary N) is 2. The van der Waals surface area contributed by atoms with Gasteiger partial charge in [-0.05, 0) is 38.3 Å². The molecule has 1 aliphatic heterocycles. The number of para-hydroxylation sites is 1. The Morgan fingerprint density at radius 1 is 1.42 bits per heavy atom. The number of ether oxygens (including phenoxy) is 1. The Morgan fingerprint density at radius 2 is 2.21 bits per heavy atom. The number of rotatable bonds is 4. The van der Waals surface area contributed by atoms with E-state index in [9.17, 15) is 4.79 Å². The SMILES string of the molecule is Cc1ccccc1NC(=O)COC1CCC(C)NC1. The van der Waals surface area contributed by atoms with Gasteiger partial charge in [0, 0.05) is 18.3 Å². The fraction of sp³-hybridized carbons (Fsp3) is 0.533. The van der Waals surface area contributed by atoms with Crippen LogP contribution in [0.15, 0.2) is 24.3 Å². The van der Waals surface area contributed by atoms with E-state index in [2.05, 4.69) is 17.6 Å². The number of benzene rings is 1. The monoisotopic (exact) mass is 262 g/mol. The summed E-state index contributed by atoms with van der Waals surface area (Å²) in [7, 11) is 0. The topological polar surface area (TPSA) is 50.4 Å². The van der Waals surface area contributed by atoms with Crippen molar-refractivity contribution in [3.63, 3.8) is 0 Å². The summed E-state index contributed by atoms with van der Waals surface area (Å²) in [6, 6.07) is 8.30. The number of carbonyl (C=O) groups excluding carboxylic acids is 1. The molecule has 2 atom stereocenters. The number of anilines is 1. The first-order valence-electron chi connectivity index (χ1n) is 6.85. The molecule has 0 saturated carbocycles. The van der Waals surface area contributed by atoms with Gasteiger partial charge in [0.05, 0.1) is 6.10 Å². The lowest BCUT2D eigenvalue weighted by atomic mass is 10.0. The highest BCUT2D eigenvalue weighted by molar-refractivity contribution is 5.92. The molecule has 4 nitrogen and oxygen atoms in total. The summed E-state index contributed by atoms with van der Waals surface area (Å²) >= 11 is 0. The van der Waals surface area contributed by atoms with Gasteiger partial charge in [0.15, 0.2) is 0 Å². The Morgan fingerprint density at radius 3 is 2.89 bits per heavy atom. The average Bonchev–Trinajstić information content (AvgIpc) is 2.41. The molecule has 19 heavy (non-hydrogen) atoms. The summed E-state index contributed by atoms with van der Waals surface area (Å²) in [6.07, 6.45) is 2.27. The summed E-state index contributed by atoms with van der Waals surface area (Å²) in [5, 5.41) is 6.23. The number of hydrogen-bond acceptors (Lipinski definition) is 3. The van der Waals surface area contributed by atoms with E-state index in [0.717, 1.165) is 30.6 Å². The van der Waals surface area contributed by atoms with Crippen LogP contribution in [0.2, 0.25) is 0 Å². The van der Waals surface area contributed by atoms with Gasteiger partial charge in [-0.2, -0.15) is 0 Å². The first-order chi connectivity index (χ1) is 9.15. The van der Waals surface area contributed by atoms with Crippen molar-refractivity contribution in [3.05, 3.63) is 29.8 Å². The van der Waals surface area contributed by atoms with E-state index in [1.807, 2.05) is 31.2 Å². The number of aryl methyl sites for hydroxylation is 1. The van der Waals surface area contributed by atoms with Gasteiger partial charge in [-0.15, -0.1) is 0 Å². The molecule has 1 aromatic rings. The molecule has 0 bridgehead atoms. The van der Waals surface area contributed by atoms with E-state index in [0.29, 0.717) is 6.04 Å². The Hall–Kier alpha value is -1.39. The van der Waals surface area contributed by atoms with Crippen LogP contribution in [0.3, 0.4) is 0 Å². The van der Waals surface area contributed by atoms with Gasteiger partial charge >= 0.3 is 0 Å². The van der Waals surface area contributed by atoms with Gasteiger partial charge in [-0.25, -0.2) is 0 Å². The molecule has 4 heteroatoms. The Kier molecular flexibility index (Phi) is 4.93. The van der Waals surface area contributed by atoms with Gasteiger partial charge in [0.25, 0.3) is 0 Å². The van der Waals surface area contributed by atoms with E-state index in [1.165, 1.54) is 0 Å². The third-order valence-electron chi connectivity index (χ3n) is 3.48. The average molecular weight is 262 g/mol. The molecule has 1 heterocycles. The highest BCUT2D eigenvalue weighted by Gasteiger charge is 2.18. The predicted molar refractivity (Wildman–Crippen MR) is 76.2 cm³/mol. The quantitative estimate of drug-likeness (QED) is 0.873. The van der Waals surface area contributed by atoms with Crippen LogP contribution in [0, 0.1) is 6.92 Å². The summed E-state index contributed by atoms with van der Waals surface area (Å²) < 4.78 is 5.63. The van der Waals surface area contributed by atoms with Gasteiger partial charge in [0.1, 0.15) is 6.61 Å². The lowest BCUT2D eigenvalue weighted by Gasteiger charge is -2.27. The van der Waals surface area contributed by atoms with Crippen molar-refractivity contribution >= 4 is 11.6 Å². The van der Waals surface area contributed by atoms with Gasteiger partial charge in [-0.1, -0.05) is 18.2 Å². The van der Waals surface area contributed by atoms with Crippen molar-refractivity contribution in [2.24, 2.45) is 0 Å². The van der Waals surface area contributed by atoms with Crippen molar-refractivity contribution in [2.75, 3.05) is 18.5 Å². The lowest BCUT2D eigenvalue weighted by Crippen LogP contribution is -2.41. The van der Waals surface area contributed by atoms with Crippen molar-refractivity contribution < 1.29 is 9.53 Å². The molecule has 1 saturated heterocycles. The molecular formula is C15H22N2O2. The number of hydrogen-bond donors (Lipinski definition) is 2. The fourth-order valence-corrected chi connectivity index (χ4v) is 2.21. The number of amides is 1. The molecule has 2 unspecified atom stereocenters.